The Morgan fingerprint density at radius 1 is 1.15 bits per heavy atom. The van der Waals surface area contributed by atoms with Gasteiger partial charge in [-0.2, -0.15) is 0 Å². The Kier molecular flexibility index (Phi) is 6.76. The molecule has 174 valence electrons. The summed E-state index contributed by atoms with van der Waals surface area (Å²) in [5.74, 6) is 0.523. The molecule has 8 heteroatoms. The van der Waals surface area contributed by atoms with Crippen LogP contribution < -0.4 is 9.64 Å². The molecule has 1 N–H and O–H groups in total. The number of likely N-dealkylation sites (N-methyl/N-ethyl adjacent to an activating group) is 2. The normalized spacial score (nSPS) is 18.2. The molecule has 1 aliphatic rings. The minimum atomic E-state index is -1.01. The highest BCUT2D eigenvalue weighted by Gasteiger charge is 2.38. The van der Waals surface area contributed by atoms with Crippen molar-refractivity contribution < 1.29 is 14.6 Å². The van der Waals surface area contributed by atoms with Crippen molar-refractivity contribution in [2.75, 3.05) is 58.8 Å². The van der Waals surface area contributed by atoms with E-state index in [9.17, 15) is 9.90 Å². The molecular weight excluding hydrogens is 418 g/mol. The third-order valence-corrected chi connectivity index (χ3v) is 5.91. The third-order valence-electron chi connectivity index (χ3n) is 5.91. The standard InChI is InChI=1S/C25H31N5O3/c1-28(2)14-15-33-20-7-4-6-19(16-20)24(31)29(3)17-25(32)10-13-30(18-25)22-9-12-26-21-8-5-11-27-23(21)22/h4-9,11-12,16,32H,10,13-15,17-18H2,1-3H3. The molecule has 8 nitrogen and oxygen atoms in total. The molecule has 3 aromatic rings. The van der Waals surface area contributed by atoms with E-state index in [1.165, 1.54) is 0 Å². The number of aromatic nitrogens is 2. The van der Waals surface area contributed by atoms with Crippen LogP contribution in [-0.2, 0) is 0 Å². The van der Waals surface area contributed by atoms with Gasteiger partial charge in [-0.15, -0.1) is 0 Å². The fourth-order valence-corrected chi connectivity index (χ4v) is 4.21. The maximum Gasteiger partial charge on any atom is 0.253 e. The number of rotatable bonds is 8. The zero-order chi connectivity index (χ0) is 23.4. The number of benzene rings is 1. The molecule has 1 amide bonds. The van der Waals surface area contributed by atoms with Crippen LogP contribution in [0.3, 0.4) is 0 Å². The van der Waals surface area contributed by atoms with Crippen LogP contribution in [0, 0.1) is 0 Å². The maximum absolute atomic E-state index is 13.1. The van der Waals surface area contributed by atoms with Crippen molar-refractivity contribution in [2.24, 2.45) is 0 Å². The van der Waals surface area contributed by atoms with Crippen LogP contribution >= 0.6 is 0 Å². The van der Waals surface area contributed by atoms with Crippen molar-refractivity contribution in [3.05, 3.63) is 60.4 Å². The molecule has 0 saturated carbocycles. The van der Waals surface area contributed by atoms with Gasteiger partial charge in [-0.3, -0.25) is 14.8 Å². The first-order chi connectivity index (χ1) is 15.8. The summed E-state index contributed by atoms with van der Waals surface area (Å²) in [6, 6.07) is 12.9. The number of amides is 1. The van der Waals surface area contributed by atoms with Gasteiger partial charge >= 0.3 is 0 Å². The molecule has 2 aromatic heterocycles. The second kappa shape index (κ2) is 9.72. The predicted molar refractivity (Wildman–Crippen MR) is 129 cm³/mol. The zero-order valence-electron chi connectivity index (χ0n) is 19.4. The second-order valence-electron chi connectivity index (χ2n) is 8.94. The second-order valence-corrected chi connectivity index (χ2v) is 8.94. The van der Waals surface area contributed by atoms with E-state index in [0.29, 0.717) is 37.4 Å². The van der Waals surface area contributed by atoms with Gasteiger partial charge in [0, 0.05) is 44.6 Å². The fourth-order valence-electron chi connectivity index (χ4n) is 4.21. The summed E-state index contributed by atoms with van der Waals surface area (Å²) in [4.78, 5) is 27.7. The molecule has 1 fully saturated rings. The Morgan fingerprint density at radius 2 is 2.00 bits per heavy atom. The van der Waals surface area contributed by atoms with E-state index >= 15 is 0 Å². The summed E-state index contributed by atoms with van der Waals surface area (Å²) in [5, 5.41) is 11.3. The molecule has 1 unspecified atom stereocenters. The van der Waals surface area contributed by atoms with E-state index in [1.807, 2.05) is 49.3 Å². The lowest BCUT2D eigenvalue weighted by molar-refractivity contribution is 0.0264. The number of nitrogens with zero attached hydrogens (tertiary/aromatic N) is 5. The van der Waals surface area contributed by atoms with Crippen molar-refractivity contribution in [2.45, 2.75) is 12.0 Å². The van der Waals surface area contributed by atoms with Crippen LogP contribution in [0.15, 0.2) is 54.9 Å². The van der Waals surface area contributed by atoms with Crippen LogP contribution in [0.1, 0.15) is 16.8 Å². The number of pyridine rings is 2. The van der Waals surface area contributed by atoms with Gasteiger partial charge in [0.15, 0.2) is 0 Å². The summed E-state index contributed by atoms with van der Waals surface area (Å²) < 4.78 is 5.76. The highest BCUT2D eigenvalue weighted by molar-refractivity contribution is 5.94. The molecule has 1 aromatic carbocycles. The number of carbonyl (C=O) groups excluding carboxylic acids is 1. The average molecular weight is 450 g/mol. The Morgan fingerprint density at radius 3 is 2.82 bits per heavy atom. The number of hydrogen-bond acceptors (Lipinski definition) is 7. The van der Waals surface area contributed by atoms with Crippen LogP contribution in [0.25, 0.3) is 11.0 Å². The topological polar surface area (TPSA) is 82.0 Å². The lowest BCUT2D eigenvalue weighted by atomic mass is 10.0. The highest BCUT2D eigenvalue weighted by Crippen LogP contribution is 2.31. The number of aliphatic hydroxyl groups is 1. The SMILES string of the molecule is CN(C)CCOc1cccc(C(=O)N(C)CC2(O)CCN(c3ccnc4cccnc34)C2)c1. The molecule has 0 bridgehead atoms. The number of carbonyl (C=O) groups is 1. The Hall–Kier alpha value is -3.23. The van der Waals surface area contributed by atoms with E-state index in [0.717, 1.165) is 23.3 Å². The smallest absolute Gasteiger partial charge is 0.253 e. The number of β-amino-alcohol motifs (C(OH)–C–C–N with tert-alkyl or cyclic N) is 1. The zero-order valence-corrected chi connectivity index (χ0v) is 19.4. The number of fused-ring (bicyclic) bond motifs is 1. The minimum absolute atomic E-state index is 0.143. The van der Waals surface area contributed by atoms with Crippen molar-refractivity contribution >= 4 is 22.6 Å². The van der Waals surface area contributed by atoms with E-state index in [2.05, 4.69) is 14.9 Å². The van der Waals surface area contributed by atoms with Crippen molar-refractivity contribution in [3.8, 4) is 5.75 Å². The molecule has 1 saturated heterocycles. The number of ether oxygens (including phenoxy) is 1. The van der Waals surface area contributed by atoms with Crippen molar-refractivity contribution in [1.29, 1.82) is 0 Å². The fraction of sp³-hybridized carbons (Fsp3) is 0.400. The third kappa shape index (κ3) is 5.40. The highest BCUT2D eigenvalue weighted by atomic mass is 16.5. The van der Waals surface area contributed by atoms with Crippen LogP contribution in [0.2, 0.25) is 0 Å². The van der Waals surface area contributed by atoms with Gasteiger partial charge in [-0.1, -0.05) is 6.07 Å². The molecule has 0 aliphatic carbocycles. The van der Waals surface area contributed by atoms with E-state index < -0.39 is 5.60 Å². The lowest BCUT2D eigenvalue weighted by Crippen LogP contribution is -2.45. The van der Waals surface area contributed by atoms with Crippen LogP contribution in [0.4, 0.5) is 5.69 Å². The maximum atomic E-state index is 13.1. The van der Waals surface area contributed by atoms with Gasteiger partial charge in [0.05, 0.1) is 17.7 Å². The molecule has 4 rings (SSSR count). The Labute approximate surface area is 194 Å². The first kappa shape index (κ1) is 22.9. The summed E-state index contributed by atoms with van der Waals surface area (Å²) in [7, 11) is 5.70. The minimum Gasteiger partial charge on any atom is -0.492 e. The van der Waals surface area contributed by atoms with Gasteiger partial charge < -0.3 is 24.5 Å². The average Bonchev–Trinajstić information content (AvgIpc) is 3.19. The van der Waals surface area contributed by atoms with Crippen LogP contribution in [0.5, 0.6) is 5.75 Å². The molecule has 1 atom stereocenters. The summed E-state index contributed by atoms with van der Waals surface area (Å²) >= 11 is 0. The first-order valence-electron chi connectivity index (χ1n) is 11.1. The lowest BCUT2D eigenvalue weighted by Gasteiger charge is -2.29. The van der Waals surface area contributed by atoms with Gasteiger partial charge in [-0.05, 0) is 56.9 Å². The molecule has 3 heterocycles. The van der Waals surface area contributed by atoms with Gasteiger partial charge in [0.25, 0.3) is 5.91 Å². The largest absolute Gasteiger partial charge is 0.492 e. The van der Waals surface area contributed by atoms with Gasteiger partial charge in [0.1, 0.15) is 23.5 Å². The molecule has 0 radical (unpaired) electrons. The summed E-state index contributed by atoms with van der Waals surface area (Å²) in [5.41, 5.74) is 2.13. The van der Waals surface area contributed by atoms with E-state index in [4.69, 9.17) is 4.74 Å². The van der Waals surface area contributed by atoms with E-state index in [1.54, 1.807) is 36.5 Å². The van der Waals surface area contributed by atoms with Crippen molar-refractivity contribution in [1.82, 2.24) is 19.8 Å². The quantitative estimate of drug-likeness (QED) is 0.565. The van der Waals surface area contributed by atoms with Gasteiger partial charge in [0.2, 0.25) is 0 Å². The van der Waals surface area contributed by atoms with Crippen molar-refractivity contribution in [3.63, 3.8) is 0 Å². The molecule has 1 aliphatic heterocycles. The van der Waals surface area contributed by atoms with Gasteiger partial charge in [-0.25, -0.2) is 0 Å². The molecule has 33 heavy (non-hydrogen) atoms. The predicted octanol–water partition coefficient (Wildman–Crippen LogP) is 2.28. The summed E-state index contributed by atoms with van der Waals surface area (Å²) in [6.07, 6.45) is 4.08. The number of anilines is 1. The monoisotopic (exact) mass is 449 g/mol. The number of hydrogen-bond donors (Lipinski definition) is 1. The summed E-state index contributed by atoms with van der Waals surface area (Å²) in [6.45, 7) is 2.69. The first-order valence-corrected chi connectivity index (χ1v) is 11.1. The molecule has 0 spiro atoms. The Balaban J connectivity index is 1.41. The molecular formula is C25H31N5O3. The van der Waals surface area contributed by atoms with Crippen LogP contribution in [-0.4, -0.2) is 90.3 Å². The Bertz CT molecular complexity index is 1120. The van der Waals surface area contributed by atoms with E-state index in [-0.39, 0.29) is 12.5 Å².